The Labute approximate surface area is 585 Å². The molecule has 574 valence electrons. The van der Waals surface area contributed by atoms with Crippen LogP contribution in [0.4, 0.5) is 0 Å². The van der Waals surface area contributed by atoms with Gasteiger partial charge < -0.3 is 89.1 Å². The van der Waals surface area contributed by atoms with E-state index in [0.29, 0.717) is 12.8 Å². The van der Waals surface area contributed by atoms with E-state index in [1.807, 2.05) is 6.08 Å². The first-order valence-electron chi connectivity index (χ1n) is 38.2. The van der Waals surface area contributed by atoms with E-state index in [1.54, 1.807) is 6.08 Å². The Morgan fingerprint density at radius 1 is 0.418 bits per heavy atom. The van der Waals surface area contributed by atoms with Gasteiger partial charge in [0.25, 0.3) is 0 Å². The predicted molar refractivity (Wildman–Crippen MR) is 370 cm³/mol. The first kappa shape index (κ1) is 89.7. The summed E-state index contributed by atoms with van der Waals surface area (Å²) >= 11 is 0. The second-order valence-electron chi connectivity index (χ2n) is 27.4. The van der Waals surface area contributed by atoms with E-state index in [0.717, 1.165) is 96.0 Å². The van der Waals surface area contributed by atoms with Gasteiger partial charge in [0.05, 0.1) is 13.2 Å². The molecule has 18 atom stereocenters. The van der Waals surface area contributed by atoms with Crippen LogP contribution in [0, 0.1) is 0 Å². The Bertz CT molecular complexity index is 2120. The third-order valence-electron chi connectivity index (χ3n) is 18.8. The molecule has 18 unspecified atom stereocenters. The zero-order chi connectivity index (χ0) is 71.8. The van der Waals surface area contributed by atoms with Crippen molar-refractivity contribution in [3.8, 4) is 0 Å². The predicted octanol–water partition coefficient (Wildman–Crippen LogP) is 10.5. The van der Waals surface area contributed by atoms with Gasteiger partial charge in [-0.15, -0.1) is 0 Å². The largest absolute Gasteiger partial charge is 0.472 e. The van der Waals surface area contributed by atoms with Gasteiger partial charge in [-0.1, -0.05) is 270 Å². The summed E-state index contributed by atoms with van der Waals surface area (Å²) in [6.45, 7) is 3.34. The van der Waals surface area contributed by atoms with E-state index in [1.165, 1.54) is 160 Å². The summed E-state index contributed by atoms with van der Waals surface area (Å²) in [6, 6.07) is 0. The molecule has 0 bridgehead atoms. The molecule has 0 spiro atoms. The standard InChI is InChI=1S/C73H133O24P/c1-4-7-10-13-16-19-22-25-27-30-32-35-38-41-44-47-57(75)89-51-54(92-59(77)49-46-43-40-37-34-29-24-21-18-15-12-9-6-3)52-91-98(87,88)97-71-69(95-72-67(85)62(80)60(78)55(50-74)93-72)65(83)64(82)66(84)70(71)96-73-68(86)63(81)61(79)56(94-73)53-90-58(76)48-45-42-39-36-33-31-28-26-23-20-17-14-11-8-5-2/h38,41,44,47,54-56,60-74,78-86H,4-37,39-40,42-43,45-46,48-53H2,1-3H3,(H,87,88)/b41-38+,47-44+. The maximum Gasteiger partial charge on any atom is 0.472 e. The highest BCUT2D eigenvalue weighted by molar-refractivity contribution is 7.47. The highest BCUT2D eigenvalue weighted by atomic mass is 31.2. The molecule has 98 heavy (non-hydrogen) atoms. The number of phosphoric acid groups is 1. The normalized spacial score (nSPS) is 27.7. The lowest BCUT2D eigenvalue weighted by Gasteiger charge is -2.49. The Morgan fingerprint density at radius 2 is 0.786 bits per heavy atom. The molecule has 2 heterocycles. The number of allylic oxidation sites excluding steroid dienone is 3. The van der Waals surface area contributed by atoms with Gasteiger partial charge in [-0.2, -0.15) is 0 Å². The van der Waals surface area contributed by atoms with E-state index in [2.05, 4.69) is 20.8 Å². The van der Waals surface area contributed by atoms with Gasteiger partial charge in [0, 0.05) is 18.9 Å². The van der Waals surface area contributed by atoms with E-state index in [9.17, 15) is 74.9 Å². The summed E-state index contributed by atoms with van der Waals surface area (Å²) in [7, 11) is -5.71. The molecule has 1 aliphatic carbocycles. The number of phosphoric ester groups is 1. The number of aliphatic hydroxyl groups is 10. The molecule has 3 fully saturated rings. The summed E-state index contributed by atoms with van der Waals surface area (Å²) < 4.78 is 64.8. The van der Waals surface area contributed by atoms with Crippen molar-refractivity contribution in [2.24, 2.45) is 0 Å². The van der Waals surface area contributed by atoms with Crippen LogP contribution in [0.15, 0.2) is 24.3 Å². The van der Waals surface area contributed by atoms with Crippen molar-refractivity contribution in [3.05, 3.63) is 24.3 Å². The SMILES string of the molecule is CCCCCCCCCCCCC/C=C/C=C/C(=O)OCC(COP(=O)(O)OC1C(OC2OC(CO)C(O)C(O)C2O)C(O)C(O)C(O)C1OC1OC(COC(=O)CCCCCCCCCCCCCCCCC)C(O)C(O)C1O)OC(=O)CCCCCCCCCCCCCCC. The molecule has 2 aliphatic heterocycles. The molecule has 3 aliphatic rings. The van der Waals surface area contributed by atoms with E-state index < -0.39 is 156 Å². The van der Waals surface area contributed by atoms with E-state index in [4.69, 9.17) is 42.2 Å². The summed E-state index contributed by atoms with van der Waals surface area (Å²) in [4.78, 5) is 50.9. The zero-order valence-electron chi connectivity index (χ0n) is 59.8. The van der Waals surface area contributed by atoms with Gasteiger partial charge in [-0.05, 0) is 25.7 Å². The minimum absolute atomic E-state index is 0.0292. The molecule has 0 aromatic rings. The second kappa shape index (κ2) is 55.0. The Hall–Kier alpha value is -2.56. The van der Waals surface area contributed by atoms with Crippen LogP contribution in [0.5, 0.6) is 0 Å². The van der Waals surface area contributed by atoms with Crippen molar-refractivity contribution in [2.75, 3.05) is 26.4 Å². The third-order valence-corrected chi connectivity index (χ3v) is 19.8. The fraction of sp³-hybridized carbons (Fsp3) is 0.904. The number of carbonyl (C=O) groups excluding carboxylic acids is 3. The average molecular weight is 1430 g/mol. The maximum absolute atomic E-state index is 14.3. The Balaban J connectivity index is 1.74. The topological polar surface area (TPSA) is 374 Å². The van der Waals surface area contributed by atoms with Crippen LogP contribution in [-0.4, -0.2) is 204 Å². The number of rotatable bonds is 59. The highest BCUT2D eigenvalue weighted by Gasteiger charge is 2.58. The van der Waals surface area contributed by atoms with Crippen LogP contribution in [0.1, 0.15) is 290 Å². The van der Waals surface area contributed by atoms with Crippen molar-refractivity contribution < 1.29 is 117 Å². The highest BCUT2D eigenvalue weighted by Crippen LogP contribution is 2.49. The number of carbonyl (C=O) groups is 3. The van der Waals surface area contributed by atoms with E-state index >= 15 is 0 Å². The number of aliphatic hydroxyl groups excluding tert-OH is 10. The van der Waals surface area contributed by atoms with Crippen LogP contribution in [-0.2, 0) is 61.2 Å². The lowest BCUT2D eigenvalue weighted by atomic mass is 9.84. The lowest BCUT2D eigenvalue weighted by molar-refractivity contribution is -0.360. The lowest BCUT2D eigenvalue weighted by Crippen LogP contribution is -2.69. The Morgan fingerprint density at radius 3 is 1.20 bits per heavy atom. The van der Waals surface area contributed by atoms with Crippen molar-refractivity contribution in [2.45, 2.75) is 395 Å². The fourth-order valence-electron chi connectivity index (χ4n) is 12.6. The molecule has 25 heteroatoms. The van der Waals surface area contributed by atoms with Crippen LogP contribution in [0.3, 0.4) is 0 Å². The quantitative estimate of drug-likeness (QED) is 0.00673. The van der Waals surface area contributed by atoms with Gasteiger partial charge in [-0.3, -0.25) is 18.6 Å². The van der Waals surface area contributed by atoms with Gasteiger partial charge in [0.15, 0.2) is 18.7 Å². The minimum Gasteiger partial charge on any atom is -0.463 e. The van der Waals surface area contributed by atoms with Gasteiger partial charge >= 0.3 is 25.7 Å². The van der Waals surface area contributed by atoms with Crippen LogP contribution in [0.25, 0.3) is 0 Å². The second-order valence-corrected chi connectivity index (χ2v) is 28.9. The average Bonchev–Trinajstić information content (AvgIpc) is 0.763. The first-order valence-corrected chi connectivity index (χ1v) is 39.7. The van der Waals surface area contributed by atoms with E-state index in [-0.39, 0.29) is 12.8 Å². The molecule has 0 radical (unpaired) electrons. The minimum atomic E-state index is -5.71. The summed E-state index contributed by atoms with van der Waals surface area (Å²) in [5, 5.41) is 110. The molecule has 0 amide bonds. The molecule has 24 nitrogen and oxygen atoms in total. The monoisotopic (exact) mass is 1420 g/mol. The molecular formula is C73H133O24P. The smallest absolute Gasteiger partial charge is 0.463 e. The molecule has 0 aromatic heterocycles. The van der Waals surface area contributed by atoms with Crippen molar-refractivity contribution in [3.63, 3.8) is 0 Å². The maximum atomic E-state index is 14.3. The summed E-state index contributed by atoms with van der Waals surface area (Å²) in [6.07, 6.45) is 15.9. The molecule has 2 saturated heterocycles. The molecular weight excluding hydrogens is 1290 g/mol. The van der Waals surface area contributed by atoms with Crippen LogP contribution >= 0.6 is 7.82 Å². The zero-order valence-corrected chi connectivity index (χ0v) is 60.7. The van der Waals surface area contributed by atoms with Gasteiger partial charge in [0.1, 0.15) is 98.7 Å². The number of unbranched alkanes of at least 4 members (excludes halogenated alkanes) is 37. The summed E-state index contributed by atoms with van der Waals surface area (Å²) in [5.41, 5.74) is 0. The van der Waals surface area contributed by atoms with Crippen molar-refractivity contribution >= 4 is 25.7 Å². The van der Waals surface area contributed by atoms with Crippen LogP contribution in [0.2, 0.25) is 0 Å². The number of hydrogen-bond acceptors (Lipinski definition) is 23. The first-order chi connectivity index (χ1) is 47.3. The van der Waals surface area contributed by atoms with Gasteiger partial charge in [0.2, 0.25) is 0 Å². The third kappa shape index (κ3) is 37.7. The molecule has 0 aromatic carbocycles. The Kier molecular flexibility index (Phi) is 50.3. The molecule has 11 N–H and O–H groups in total. The number of hydrogen-bond donors (Lipinski definition) is 11. The number of ether oxygens (including phenoxy) is 7. The van der Waals surface area contributed by atoms with Crippen molar-refractivity contribution in [1.82, 2.24) is 0 Å². The van der Waals surface area contributed by atoms with Gasteiger partial charge in [-0.25, -0.2) is 9.36 Å². The number of esters is 3. The van der Waals surface area contributed by atoms with Crippen molar-refractivity contribution in [1.29, 1.82) is 0 Å². The van der Waals surface area contributed by atoms with Crippen LogP contribution < -0.4 is 0 Å². The molecule has 3 rings (SSSR count). The molecule has 1 saturated carbocycles. The summed E-state index contributed by atoms with van der Waals surface area (Å²) in [5.74, 6) is -2.24. The fourth-order valence-corrected chi connectivity index (χ4v) is 13.6.